The monoisotopic (exact) mass is 230 g/mol. The summed E-state index contributed by atoms with van der Waals surface area (Å²) in [6, 6.07) is 14.3. The number of rotatable bonds is 4. The SMILES string of the molecule is C=COc1ccc(-c2ccc(OF)cc2)cc1. The molecule has 86 valence electrons. The molecule has 0 heterocycles. The van der Waals surface area contributed by atoms with Crippen molar-refractivity contribution < 1.29 is 14.2 Å². The summed E-state index contributed by atoms with van der Waals surface area (Å²) < 4.78 is 17.0. The highest BCUT2D eigenvalue weighted by Gasteiger charge is 1.99. The summed E-state index contributed by atoms with van der Waals surface area (Å²) in [7, 11) is 0. The van der Waals surface area contributed by atoms with Crippen LogP contribution in [0.15, 0.2) is 61.4 Å². The normalized spacial score (nSPS) is 9.71. The molecule has 3 heteroatoms. The Balaban J connectivity index is 2.23. The van der Waals surface area contributed by atoms with Gasteiger partial charge in [0.05, 0.1) is 6.26 Å². The Hall–Kier alpha value is -2.29. The average molecular weight is 230 g/mol. The lowest BCUT2D eigenvalue weighted by Crippen LogP contribution is -1.82. The molecule has 0 unspecified atom stereocenters. The second kappa shape index (κ2) is 5.16. The maximum absolute atomic E-state index is 11.9. The molecular weight excluding hydrogens is 219 g/mol. The lowest BCUT2D eigenvalue weighted by atomic mass is 10.1. The van der Waals surface area contributed by atoms with Gasteiger partial charge in [0, 0.05) is 4.53 Å². The summed E-state index contributed by atoms with van der Waals surface area (Å²) in [5.41, 5.74) is 2.00. The molecule has 0 aliphatic rings. The minimum atomic E-state index is 0.195. The first-order valence-electron chi connectivity index (χ1n) is 5.10. The van der Waals surface area contributed by atoms with E-state index in [1.54, 1.807) is 24.3 Å². The molecule has 0 saturated heterocycles. The number of halogens is 1. The molecule has 0 aliphatic heterocycles. The maximum Gasteiger partial charge on any atom is 0.171 e. The van der Waals surface area contributed by atoms with Crippen LogP contribution in [0.4, 0.5) is 4.53 Å². The van der Waals surface area contributed by atoms with Crippen LogP contribution in [0.3, 0.4) is 0 Å². The summed E-state index contributed by atoms with van der Waals surface area (Å²) in [5, 5.41) is 0. The summed E-state index contributed by atoms with van der Waals surface area (Å²) in [5.74, 6) is 0.924. The molecule has 0 spiro atoms. The second-order valence-electron chi connectivity index (χ2n) is 3.41. The Labute approximate surface area is 98.8 Å². The Morgan fingerprint density at radius 3 is 1.71 bits per heavy atom. The van der Waals surface area contributed by atoms with Crippen molar-refractivity contribution >= 4 is 0 Å². The molecule has 0 aliphatic carbocycles. The van der Waals surface area contributed by atoms with E-state index in [0.29, 0.717) is 0 Å². The van der Waals surface area contributed by atoms with Gasteiger partial charge in [0.1, 0.15) is 5.75 Å². The van der Waals surface area contributed by atoms with Crippen molar-refractivity contribution in [1.29, 1.82) is 0 Å². The predicted octanol–water partition coefficient (Wildman–Crippen LogP) is 4.14. The molecule has 0 atom stereocenters. The summed E-state index contributed by atoms with van der Waals surface area (Å²) in [4.78, 5) is 3.63. The van der Waals surface area contributed by atoms with Crippen LogP contribution in [0.25, 0.3) is 11.1 Å². The Morgan fingerprint density at radius 2 is 1.29 bits per heavy atom. The van der Waals surface area contributed by atoms with Gasteiger partial charge in [0.25, 0.3) is 0 Å². The molecule has 17 heavy (non-hydrogen) atoms. The van der Waals surface area contributed by atoms with Crippen LogP contribution < -0.4 is 9.68 Å². The van der Waals surface area contributed by atoms with Crippen LogP contribution in [-0.2, 0) is 0 Å². The van der Waals surface area contributed by atoms with E-state index in [2.05, 4.69) is 11.5 Å². The van der Waals surface area contributed by atoms with Crippen LogP contribution in [0, 0.1) is 0 Å². The van der Waals surface area contributed by atoms with E-state index in [0.717, 1.165) is 16.9 Å². The smallest absolute Gasteiger partial charge is 0.171 e. The minimum absolute atomic E-state index is 0.195. The zero-order chi connectivity index (χ0) is 12.1. The molecule has 2 rings (SSSR count). The highest BCUT2D eigenvalue weighted by Crippen LogP contribution is 2.24. The standard InChI is InChI=1S/C14H11FO2/c1-2-16-13-7-3-11(4-8-13)12-5-9-14(17-15)10-6-12/h2-10H,1H2. The fourth-order valence-electron chi connectivity index (χ4n) is 1.52. The van der Waals surface area contributed by atoms with Gasteiger partial charge in [0.2, 0.25) is 0 Å². The molecule has 0 amide bonds. The van der Waals surface area contributed by atoms with Crippen molar-refractivity contribution in [2.75, 3.05) is 0 Å². The van der Waals surface area contributed by atoms with E-state index >= 15 is 0 Å². The van der Waals surface area contributed by atoms with Gasteiger partial charge in [-0.2, -0.15) is 0 Å². The Kier molecular flexibility index (Phi) is 3.40. The van der Waals surface area contributed by atoms with Crippen molar-refractivity contribution in [1.82, 2.24) is 0 Å². The third-order valence-corrected chi connectivity index (χ3v) is 2.35. The lowest BCUT2D eigenvalue weighted by Gasteiger charge is -2.04. The van der Waals surface area contributed by atoms with Gasteiger partial charge in [-0.05, 0) is 35.4 Å². The third-order valence-electron chi connectivity index (χ3n) is 2.35. The first-order chi connectivity index (χ1) is 8.33. The number of hydrogen-bond donors (Lipinski definition) is 0. The zero-order valence-electron chi connectivity index (χ0n) is 9.10. The second-order valence-corrected chi connectivity index (χ2v) is 3.41. The highest BCUT2D eigenvalue weighted by molar-refractivity contribution is 5.64. The quantitative estimate of drug-likeness (QED) is 0.735. The van der Waals surface area contributed by atoms with Gasteiger partial charge in [-0.3, -0.25) is 4.94 Å². The number of benzene rings is 2. The van der Waals surface area contributed by atoms with Crippen LogP contribution in [-0.4, -0.2) is 0 Å². The van der Waals surface area contributed by atoms with Crippen molar-refractivity contribution in [3.05, 3.63) is 61.4 Å². The first kappa shape index (κ1) is 11.2. The number of ether oxygens (including phenoxy) is 1. The third kappa shape index (κ3) is 2.64. The topological polar surface area (TPSA) is 18.5 Å². The number of hydrogen-bond acceptors (Lipinski definition) is 2. The van der Waals surface area contributed by atoms with E-state index < -0.39 is 0 Å². The van der Waals surface area contributed by atoms with Crippen LogP contribution in [0.5, 0.6) is 11.5 Å². The molecule has 0 radical (unpaired) electrons. The van der Waals surface area contributed by atoms with Crippen LogP contribution in [0.2, 0.25) is 0 Å². The van der Waals surface area contributed by atoms with E-state index in [-0.39, 0.29) is 5.75 Å². The fraction of sp³-hybridized carbons (Fsp3) is 0. The molecule has 0 N–H and O–H groups in total. The van der Waals surface area contributed by atoms with E-state index in [9.17, 15) is 4.53 Å². The van der Waals surface area contributed by atoms with Crippen LogP contribution in [0.1, 0.15) is 0 Å². The van der Waals surface area contributed by atoms with Crippen molar-refractivity contribution in [2.45, 2.75) is 0 Å². The molecule has 2 aromatic carbocycles. The molecule has 2 nitrogen and oxygen atoms in total. The van der Waals surface area contributed by atoms with Gasteiger partial charge < -0.3 is 4.74 Å². The van der Waals surface area contributed by atoms with Crippen LogP contribution >= 0.6 is 0 Å². The summed E-state index contributed by atoms with van der Waals surface area (Å²) in [6.07, 6.45) is 1.38. The van der Waals surface area contributed by atoms with E-state index in [4.69, 9.17) is 4.74 Å². The van der Waals surface area contributed by atoms with Crippen molar-refractivity contribution in [2.24, 2.45) is 0 Å². The van der Waals surface area contributed by atoms with Gasteiger partial charge in [-0.25, -0.2) is 0 Å². The van der Waals surface area contributed by atoms with Crippen molar-refractivity contribution in [3.8, 4) is 22.6 Å². The average Bonchev–Trinajstić information content (AvgIpc) is 2.40. The van der Waals surface area contributed by atoms with E-state index in [1.165, 1.54) is 6.26 Å². The molecule has 2 aromatic rings. The minimum Gasteiger partial charge on any atom is -0.466 e. The predicted molar refractivity (Wildman–Crippen MR) is 64.4 cm³/mol. The molecular formula is C14H11FO2. The highest BCUT2D eigenvalue weighted by atomic mass is 19.3. The molecule has 0 bridgehead atoms. The molecule has 0 aromatic heterocycles. The van der Waals surface area contributed by atoms with Crippen molar-refractivity contribution in [3.63, 3.8) is 0 Å². The Morgan fingerprint density at radius 1 is 0.824 bits per heavy atom. The van der Waals surface area contributed by atoms with Gasteiger partial charge in [-0.15, -0.1) is 0 Å². The summed E-state index contributed by atoms with van der Waals surface area (Å²) in [6.45, 7) is 3.48. The largest absolute Gasteiger partial charge is 0.466 e. The zero-order valence-corrected chi connectivity index (χ0v) is 9.10. The van der Waals surface area contributed by atoms with Gasteiger partial charge >= 0.3 is 0 Å². The first-order valence-corrected chi connectivity index (χ1v) is 5.10. The lowest BCUT2D eigenvalue weighted by molar-refractivity contribution is -0.00618. The molecule has 0 fully saturated rings. The fourth-order valence-corrected chi connectivity index (χ4v) is 1.52. The van der Waals surface area contributed by atoms with E-state index in [1.807, 2.05) is 24.3 Å². The Bertz CT molecular complexity index is 489. The van der Waals surface area contributed by atoms with Gasteiger partial charge in [-0.1, -0.05) is 30.8 Å². The maximum atomic E-state index is 11.9. The summed E-state index contributed by atoms with van der Waals surface area (Å²) >= 11 is 0. The molecule has 0 saturated carbocycles. The van der Waals surface area contributed by atoms with Gasteiger partial charge in [0.15, 0.2) is 5.75 Å².